The molecule has 0 aliphatic heterocycles. The maximum Gasteiger partial charge on any atom is 0.126 e. The summed E-state index contributed by atoms with van der Waals surface area (Å²) in [5, 5.41) is 3.37. The molecule has 0 heterocycles. The van der Waals surface area contributed by atoms with E-state index in [9.17, 15) is 8.78 Å². The summed E-state index contributed by atoms with van der Waals surface area (Å²) in [6.45, 7) is 0. The summed E-state index contributed by atoms with van der Waals surface area (Å²) in [5.41, 5.74) is 0.328. The Morgan fingerprint density at radius 2 is 1.83 bits per heavy atom. The Morgan fingerprint density at radius 3 is 2.33 bits per heavy atom. The molecule has 0 fully saturated rings. The Labute approximate surface area is 68.5 Å². The predicted octanol–water partition coefficient (Wildman–Crippen LogP) is 1.95. The summed E-state index contributed by atoms with van der Waals surface area (Å²) in [6.07, 6.45) is 1.23. The minimum absolute atomic E-state index is 0.328. The third kappa shape index (κ3) is 2.30. The van der Waals surface area contributed by atoms with Gasteiger partial charge in [0.25, 0.3) is 0 Å². The van der Waals surface area contributed by atoms with Crippen LogP contribution < -0.4 is 0 Å². The number of rotatable bonds is 2. The summed E-state index contributed by atoms with van der Waals surface area (Å²) in [7, 11) is 1.35. The normalized spacial score (nSPS) is 10.6. The molecule has 1 aromatic rings. The molecule has 0 atom stereocenters. The topological polar surface area (TPSA) is 21.6 Å². The van der Waals surface area contributed by atoms with Crippen molar-refractivity contribution in [2.75, 3.05) is 7.11 Å². The quantitative estimate of drug-likeness (QED) is 0.492. The summed E-state index contributed by atoms with van der Waals surface area (Å²) < 4.78 is 25.0. The molecule has 1 aromatic carbocycles. The summed E-state index contributed by atoms with van der Waals surface area (Å²) in [4.78, 5) is 4.35. The molecule has 2 nitrogen and oxygen atoms in total. The number of nitrogens with zero attached hydrogens (tertiary/aromatic N) is 1. The second-order valence-corrected chi connectivity index (χ2v) is 2.12. The van der Waals surface area contributed by atoms with Gasteiger partial charge in [-0.25, -0.2) is 8.78 Å². The molecule has 4 heteroatoms. The highest BCUT2D eigenvalue weighted by Crippen LogP contribution is 2.05. The van der Waals surface area contributed by atoms with Gasteiger partial charge in [-0.1, -0.05) is 5.16 Å². The smallest absolute Gasteiger partial charge is 0.126 e. The third-order valence-electron chi connectivity index (χ3n) is 1.19. The maximum atomic E-state index is 12.5. The lowest BCUT2D eigenvalue weighted by atomic mass is 10.2. The van der Waals surface area contributed by atoms with Gasteiger partial charge in [0, 0.05) is 11.6 Å². The molecule has 0 saturated heterocycles. The molecule has 0 radical (unpaired) electrons. The van der Waals surface area contributed by atoms with Crippen molar-refractivity contribution in [2.24, 2.45) is 5.16 Å². The van der Waals surface area contributed by atoms with E-state index in [-0.39, 0.29) is 0 Å². The number of hydrogen-bond donors (Lipinski definition) is 0. The van der Waals surface area contributed by atoms with Crippen molar-refractivity contribution in [1.82, 2.24) is 0 Å². The van der Waals surface area contributed by atoms with Gasteiger partial charge in [-0.3, -0.25) is 0 Å². The molecule has 0 saturated carbocycles. The zero-order chi connectivity index (χ0) is 8.97. The van der Waals surface area contributed by atoms with Gasteiger partial charge in [0.1, 0.15) is 18.7 Å². The van der Waals surface area contributed by atoms with Crippen LogP contribution in [0.3, 0.4) is 0 Å². The highest BCUT2D eigenvalue weighted by atomic mass is 19.1. The molecule has 1 rings (SSSR count). The second-order valence-electron chi connectivity index (χ2n) is 2.12. The van der Waals surface area contributed by atoms with Gasteiger partial charge in [-0.05, 0) is 12.1 Å². The molecule has 0 bridgehead atoms. The molecule has 0 aromatic heterocycles. The van der Waals surface area contributed by atoms with E-state index in [1.54, 1.807) is 0 Å². The van der Waals surface area contributed by atoms with Gasteiger partial charge in [0.05, 0.1) is 6.21 Å². The van der Waals surface area contributed by atoms with E-state index >= 15 is 0 Å². The average molecular weight is 171 g/mol. The Balaban J connectivity index is 2.93. The molecule has 12 heavy (non-hydrogen) atoms. The lowest BCUT2D eigenvalue weighted by molar-refractivity contribution is 0.215. The van der Waals surface area contributed by atoms with Gasteiger partial charge < -0.3 is 4.84 Å². The molecular weight excluding hydrogens is 164 g/mol. The molecule has 0 spiro atoms. The van der Waals surface area contributed by atoms with E-state index in [1.165, 1.54) is 13.3 Å². The molecular formula is C8H7F2NO. The average Bonchev–Trinajstić information content (AvgIpc) is 1.99. The van der Waals surface area contributed by atoms with Gasteiger partial charge in [-0.15, -0.1) is 0 Å². The number of halogens is 2. The van der Waals surface area contributed by atoms with Crippen LogP contribution >= 0.6 is 0 Å². The summed E-state index contributed by atoms with van der Waals surface area (Å²) in [6, 6.07) is 3.11. The van der Waals surface area contributed by atoms with Crippen molar-refractivity contribution in [1.29, 1.82) is 0 Å². The zero-order valence-corrected chi connectivity index (χ0v) is 6.42. The van der Waals surface area contributed by atoms with Gasteiger partial charge >= 0.3 is 0 Å². The van der Waals surface area contributed by atoms with Gasteiger partial charge in [0.2, 0.25) is 0 Å². The van der Waals surface area contributed by atoms with Crippen LogP contribution in [0.2, 0.25) is 0 Å². The number of hydrogen-bond acceptors (Lipinski definition) is 2. The number of oxime groups is 1. The Kier molecular flexibility index (Phi) is 2.74. The van der Waals surface area contributed by atoms with Crippen LogP contribution in [0.25, 0.3) is 0 Å². The summed E-state index contributed by atoms with van der Waals surface area (Å²) in [5.74, 6) is -1.26. The monoisotopic (exact) mass is 171 g/mol. The highest BCUT2D eigenvalue weighted by molar-refractivity contribution is 5.78. The molecule has 0 aliphatic rings. The minimum Gasteiger partial charge on any atom is -0.399 e. The van der Waals surface area contributed by atoms with Crippen LogP contribution in [0.5, 0.6) is 0 Å². The first kappa shape index (κ1) is 8.64. The predicted molar refractivity (Wildman–Crippen MR) is 41.0 cm³/mol. The SMILES string of the molecule is CON=Cc1cc(F)cc(F)c1. The second kappa shape index (κ2) is 3.80. The highest BCUT2D eigenvalue weighted by Gasteiger charge is 1.97. The van der Waals surface area contributed by atoms with Gasteiger partial charge in [0.15, 0.2) is 0 Å². The molecule has 0 aliphatic carbocycles. The fourth-order valence-corrected chi connectivity index (χ4v) is 0.763. The fourth-order valence-electron chi connectivity index (χ4n) is 0.763. The third-order valence-corrected chi connectivity index (χ3v) is 1.19. The van der Waals surface area contributed by atoms with Crippen molar-refractivity contribution in [3.63, 3.8) is 0 Å². The van der Waals surface area contributed by atoms with E-state index < -0.39 is 11.6 Å². The first-order valence-corrected chi connectivity index (χ1v) is 3.25. The molecule has 64 valence electrons. The standard InChI is InChI=1S/C8H7F2NO/c1-12-11-5-6-2-7(9)4-8(10)3-6/h2-5H,1H3. The van der Waals surface area contributed by atoms with Crippen LogP contribution in [0, 0.1) is 11.6 Å². The fraction of sp³-hybridized carbons (Fsp3) is 0.125. The Morgan fingerprint density at radius 1 is 1.25 bits per heavy atom. The first-order chi connectivity index (χ1) is 5.72. The van der Waals surface area contributed by atoms with Crippen molar-refractivity contribution < 1.29 is 13.6 Å². The molecule has 0 unspecified atom stereocenters. The van der Waals surface area contributed by atoms with E-state index in [0.29, 0.717) is 5.56 Å². The van der Waals surface area contributed by atoms with E-state index in [1.807, 2.05) is 0 Å². The van der Waals surface area contributed by atoms with Crippen LogP contribution in [0.1, 0.15) is 5.56 Å². The van der Waals surface area contributed by atoms with Crippen LogP contribution in [-0.2, 0) is 4.84 Å². The lowest BCUT2D eigenvalue weighted by Gasteiger charge is -1.93. The first-order valence-electron chi connectivity index (χ1n) is 3.25. The molecule has 0 amide bonds. The van der Waals surface area contributed by atoms with E-state index in [4.69, 9.17) is 0 Å². The van der Waals surface area contributed by atoms with Crippen LogP contribution in [0.4, 0.5) is 8.78 Å². The Hall–Kier alpha value is -1.45. The summed E-state index contributed by atoms with van der Waals surface area (Å²) >= 11 is 0. The zero-order valence-electron chi connectivity index (χ0n) is 6.42. The number of benzene rings is 1. The Bertz CT molecular complexity index is 279. The largest absolute Gasteiger partial charge is 0.399 e. The van der Waals surface area contributed by atoms with Crippen LogP contribution in [0.15, 0.2) is 23.4 Å². The van der Waals surface area contributed by atoms with E-state index in [2.05, 4.69) is 9.99 Å². The van der Waals surface area contributed by atoms with Crippen molar-refractivity contribution in [3.05, 3.63) is 35.4 Å². The van der Waals surface area contributed by atoms with Crippen molar-refractivity contribution in [2.45, 2.75) is 0 Å². The lowest BCUT2D eigenvalue weighted by Crippen LogP contribution is -1.86. The molecule has 0 N–H and O–H groups in total. The van der Waals surface area contributed by atoms with Crippen molar-refractivity contribution in [3.8, 4) is 0 Å². The van der Waals surface area contributed by atoms with Crippen molar-refractivity contribution >= 4 is 6.21 Å². The van der Waals surface area contributed by atoms with Crippen LogP contribution in [-0.4, -0.2) is 13.3 Å². The van der Waals surface area contributed by atoms with Gasteiger partial charge in [-0.2, -0.15) is 0 Å². The van der Waals surface area contributed by atoms with E-state index in [0.717, 1.165) is 18.2 Å². The minimum atomic E-state index is -0.632. The maximum absolute atomic E-state index is 12.5.